The lowest BCUT2D eigenvalue weighted by atomic mass is 10.2. The van der Waals surface area contributed by atoms with Crippen LogP contribution < -0.4 is 4.83 Å². The number of sulfonamides is 1. The third kappa shape index (κ3) is 3.91. The number of hydrogen-bond donors (Lipinski definition) is 1. The Morgan fingerprint density at radius 1 is 1.25 bits per heavy atom. The van der Waals surface area contributed by atoms with Gasteiger partial charge in [-0.25, -0.2) is 4.83 Å². The zero-order valence-corrected chi connectivity index (χ0v) is 15.1. The second kappa shape index (κ2) is 6.38. The number of hydrogen-bond acceptors (Lipinski definition) is 4. The van der Waals surface area contributed by atoms with Crippen LogP contribution in [0.25, 0.3) is 0 Å². The Labute approximate surface area is 138 Å². The van der Waals surface area contributed by atoms with Gasteiger partial charge in [0.2, 0.25) is 0 Å². The fourth-order valence-electron chi connectivity index (χ4n) is 1.38. The number of nitrogens with zero attached hydrogens (tertiary/aromatic N) is 1. The van der Waals surface area contributed by atoms with Gasteiger partial charge in [-0.2, -0.15) is 13.5 Å². The van der Waals surface area contributed by atoms with Crippen molar-refractivity contribution in [1.82, 2.24) is 4.83 Å². The topological polar surface area (TPSA) is 58.5 Å². The number of rotatable bonds is 4. The maximum Gasteiger partial charge on any atom is 0.276 e. The molecular weight excluding hydrogens is 428 g/mol. The summed E-state index contributed by atoms with van der Waals surface area (Å²) >= 11 is 8.21. The molecule has 0 amide bonds. The molecule has 0 aliphatic rings. The van der Waals surface area contributed by atoms with Crippen molar-refractivity contribution in [1.29, 1.82) is 0 Å². The average molecular weight is 438 g/mol. The monoisotopic (exact) mass is 436 g/mol. The van der Waals surface area contributed by atoms with Crippen molar-refractivity contribution in [3.63, 3.8) is 0 Å². The van der Waals surface area contributed by atoms with Gasteiger partial charge in [0.1, 0.15) is 0 Å². The normalized spacial score (nSPS) is 11.9. The van der Waals surface area contributed by atoms with Gasteiger partial charge in [0.05, 0.1) is 18.7 Å². The van der Waals surface area contributed by atoms with Crippen LogP contribution in [0.5, 0.6) is 0 Å². The summed E-state index contributed by atoms with van der Waals surface area (Å²) in [5.74, 6) is 0. The predicted molar refractivity (Wildman–Crippen MR) is 88.8 cm³/mol. The summed E-state index contributed by atoms with van der Waals surface area (Å²) in [5, 5.41) is 3.78. The van der Waals surface area contributed by atoms with Crippen LogP contribution in [0.4, 0.5) is 0 Å². The summed E-state index contributed by atoms with van der Waals surface area (Å²) in [7, 11) is -3.62. The molecule has 1 aromatic heterocycles. The second-order valence-electron chi connectivity index (χ2n) is 3.95. The van der Waals surface area contributed by atoms with Crippen LogP contribution in [0.1, 0.15) is 11.1 Å². The lowest BCUT2D eigenvalue weighted by Crippen LogP contribution is -2.18. The van der Waals surface area contributed by atoms with E-state index >= 15 is 0 Å². The summed E-state index contributed by atoms with van der Waals surface area (Å²) in [6, 6.07) is 8.42. The van der Waals surface area contributed by atoms with Gasteiger partial charge in [-0.15, -0.1) is 11.3 Å². The average Bonchev–Trinajstić information content (AvgIpc) is 2.68. The number of nitrogens with one attached hydrogen (secondary N) is 1. The van der Waals surface area contributed by atoms with E-state index in [1.165, 1.54) is 17.6 Å². The minimum atomic E-state index is -3.62. The van der Waals surface area contributed by atoms with E-state index in [1.54, 1.807) is 24.3 Å². The Hall–Kier alpha value is -0.700. The standard InChI is InChI=1S/C12H10Br2N2O2S2/c1-8-2-4-10(5-3-8)20(17,18)16-15-7-9-6-11(13)19-12(9)14/h2-7,16H,1H3/b15-7+. The summed E-state index contributed by atoms with van der Waals surface area (Å²) in [6.45, 7) is 1.90. The van der Waals surface area contributed by atoms with Crippen molar-refractivity contribution in [3.8, 4) is 0 Å². The van der Waals surface area contributed by atoms with E-state index in [1.807, 2.05) is 13.0 Å². The Morgan fingerprint density at radius 3 is 2.45 bits per heavy atom. The van der Waals surface area contributed by atoms with Crippen molar-refractivity contribution >= 4 is 59.4 Å². The third-order valence-corrected chi connectivity index (χ3v) is 6.02. The Balaban J connectivity index is 2.13. The summed E-state index contributed by atoms with van der Waals surface area (Å²) < 4.78 is 25.8. The first-order valence-corrected chi connectivity index (χ1v) is 9.33. The van der Waals surface area contributed by atoms with Crippen molar-refractivity contribution in [2.24, 2.45) is 5.10 Å². The lowest BCUT2D eigenvalue weighted by Gasteiger charge is -2.03. The fourth-order valence-corrected chi connectivity index (χ4v) is 4.88. The SMILES string of the molecule is Cc1ccc(S(=O)(=O)N/N=C/c2cc(Br)sc2Br)cc1. The molecule has 1 aromatic carbocycles. The molecule has 4 nitrogen and oxygen atoms in total. The van der Waals surface area contributed by atoms with E-state index < -0.39 is 10.0 Å². The highest BCUT2D eigenvalue weighted by Crippen LogP contribution is 2.30. The molecule has 2 rings (SSSR count). The highest BCUT2D eigenvalue weighted by Gasteiger charge is 2.12. The molecule has 1 heterocycles. The number of halogens is 2. The molecule has 0 fully saturated rings. The molecule has 0 atom stereocenters. The Morgan fingerprint density at radius 2 is 1.90 bits per heavy atom. The molecule has 0 aliphatic heterocycles. The quantitative estimate of drug-likeness (QED) is 0.582. The lowest BCUT2D eigenvalue weighted by molar-refractivity contribution is 0.584. The van der Waals surface area contributed by atoms with Crippen molar-refractivity contribution in [2.75, 3.05) is 0 Å². The van der Waals surface area contributed by atoms with E-state index in [0.717, 1.165) is 18.7 Å². The van der Waals surface area contributed by atoms with Gasteiger partial charge in [-0.1, -0.05) is 17.7 Å². The van der Waals surface area contributed by atoms with Crippen LogP contribution in [0.15, 0.2) is 47.9 Å². The second-order valence-corrected chi connectivity index (χ2v) is 9.36. The largest absolute Gasteiger partial charge is 0.276 e. The van der Waals surface area contributed by atoms with E-state index in [0.29, 0.717) is 0 Å². The zero-order valence-electron chi connectivity index (χ0n) is 10.3. The third-order valence-electron chi connectivity index (χ3n) is 2.39. The maximum absolute atomic E-state index is 12.0. The van der Waals surface area contributed by atoms with E-state index in [-0.39, 0.29) is 4.90 Å². The van der Waals surface area contributed by atoms with Gasteiger partial charge in [-0.3, -0.25) is 0 Å². The summed E-state index contributed by atoms with van der Waals surface area (Å²) in [4.78, 5) is 2.38. The van der Waals surface area contributed by atoms with Gasteiger partial charge in [0.15, 0.2) is 0 Å². The van der Waals surface area contributed by atoms with Gasteiger partial charge >= 0.3 is 0 Å². The van der Waals surface area contributed by atoms with Crippen LogP contribution in [0.3, 0.4) is 0 Å². The van der Waals surface area contributed by atoms with E-state index in [9.17, 15) is 8.42 Å². The van der Waals surface area contributed by atoms with E-state index in [4.69, 9.17) is 0 Å². The molecule has 0 aliphatic carbocycles. The smallest absolute Gasteiger partial charge is 0.200 e. The highest BCUT2D eigenvalue weighted by atomic mass is 79.9. The van der Waals surface area contributed by atoms with Crippen LogP contribution in [0, 0.1) is 6.92 Å². The summed E-state index contributed by atoms with van der Waals surface area (Å²) in [5.41, 5.74) is 1.80. The number of hydrazone groups is 1. The Kier molecular flexibility index (Phi) is 5.00. The molecule has 0 bridgehead atoms. The van der Waals surface area contributed by atoms with Crippen LogP contribution in [-0.2, 0) is 10.0 Å². The molecule has 20 heavy (non-hydrogen) atoms. The first-order valence-electron chi connectivity index (χ1n) is 5.45. The molecule has 0 saturated carbocycles. The molecule has 0 radical (unpaired) electrons. The molecule has 106 valence electrons. The Bertz CT molecular complexity index is 737. The molecule has 0 unspecified atom stereocenters. The number of aryl methyl sites for hydroxylation is 1. The van der Waals surface area contributed by atoms with Crippen LogP contribution >= 0.6 is 43.2 Å². The zero-order chi connectivity index (χ0) is 14.8. The van der Waals surface area contributed by atoms with Crippen molar-refractivity contribution in [3.05, 3.63) is 49.0 Å². The molecular formula is C12H10Br2N2O2S2. The van der Waals surface area contributed by atoms with Crippen LogP contribution in [0.2, 0.25) is 0 Å². The van der Waals surface area contributed by atoms with Gasteiger partial charge < -0.3 is 0 Å². The van der Waals surface area contributed by atoms with Crippen molar-refractivity contribution < 1.29 is 8.42 Å². The molecule has 0 saturated heterocycles. The van der Waals surface area contributed by atoms with Gasteiger partial charge in [0, 0.05) is 5.56 Å². The van der Waals surface area contributed by atoms with Crippen LogP contribution in [-0.4, -0.2) is 14.6 Å². The molecule has 1 N–H and O–H groups in total. The minimum absolute atomic E-state index is 0.186. The highest BCUT2D eigenvalue weighted by molar-refractivity contribution is 9.12. The minimum Gasteiger partial charge on any atom is -0.200 e. The molecule has 2 aromatic rings. The molecule has 0 spiro atoms. The fraction of sp³-hybridized carbons (Fsp3) is 0.0833. The first-order chi connectivity index (χ1) is 9.38. The maximum atomic E-state index is 12.0. The van der Waals surface area contributed by atoms with Crippen molar-refractivity contribution in [2.45, 2.75) is 11.8 Å². The van der Waals surface area contributed by atoms with Gasteiger partial charge in [0.25, 0.3) is 10.0 Å². The first kappa shape index (κ1) is 15.7. The number of benzene rings is 1. The summed E-state index contributed by atoms with van der Waals surface area (Å²) in [6.07, 6.45) is 1.46. The molecule has 8 heteroatoms. The van der Waals surface area contributed by atoms with Gasteiger partial charge in [-0.05, 0) is 57.0 Å². The predicted octanol–water partition coefficient (Wildman–Crippen LogP) is 3.89. The van der Waals surface area contributed by atoms with E-state index in [2.05, 4.69) is 41.8 Å². The number of thiophene rings is 1.